The Morgan fingerprint density at radius 1 is 0.485 bits per heavy atom. The molecular formula is C55H43BrCl2F3N3O2. The van der Waals surface area contributed by atoms with E-state index < -0.39 is 5.97 Å². The van der Waals surface area contributed by atoms with Crippen LogP contribution in [0.2, 0.25) is 10.0 Å². The Balaban J connectivity index is 0.000000168. The molecule has 66 heavy (non-hydrogen) atoms. The molecule has 0 amide bonds. The van der Waals surface area contributed by atoms with Crippen molar-refractivity contribution in [2.45, 2.75) is 13.8 Å². The Morgan fingerprint density at radius 2 is 0.864 bits per heavy atom. The van der Waals surface area contributed by atoms with Crippen molar-refractivity contribution in [1.82, 2.24) is 0 Å². The first-order valence-corrected chi connectivity index (χ1v) is 22.0. The lowest BCUT2D eigenvalue weighted by Gasteiger charge is -2.11. The number of aryl methyl sites for hydroxylation is 2. The number of benzene rings is 8. The average Bonchev–Trinajstić information content (AvgIpc) is 3.31. The third-order valence-corrected chi connectivity index (χ3v) is 11.0. The van der Waals surface area contributed by atoms with Gasteiger partial charge in [0.15, 0.2) is 0 Å². The lowest BCUT2D eigenvalue weighted by atomic mass is 10.1. The van der Waals surface area contributed by atoms with E-state index in [1.54, 1.807) is 54.6 Å². The van der Waals surface area contributed by atoms with E-state index >= 15 is 0 Å². The fourth-order valence-corrected chi connectivity index (χ4v) is 6.98. The molecule has 0 fully saturated rings. The quantitative estimate of drug-likeness (QED) is 0.0972. The number of hydrogen-bond donors (Lipinski definition) is 4. The summed E-state index contributed by atoms with van der Waals surface area (Å²) in [6, 6.07) is 50.7. The zero-order valence-corrected chi connectivity index (χ0v) is 38.8. The maximum atomic E-state index is 13.0. The van der Waals surface area contributed by atoms with E-state index in [1.165, 1.54) is 42.5 Å². The smallest absolute Gasteiger partial charge is 0.337 e. The normalized spacial score (nSPS) is 10.7. The molecular weight excluding hydrogens is 942 g/mol. The summed E-state index contributed by atoms with van der Waals surface area (Å²) in [5, 5.41) is 20.3. The molecule has 332 valence electrons. The van der Waals surface area contributed by atoms with Crippen molar-refractivity contribution in [3.63, 3.8) is 0 Å². The Kier molecular flexibility index (Phi) is 17.4. The monoisotopic (exact) mass is 983 g/mol. The standard InChI is InChI=1S/C21H15ClFNO2.C21H17ClFN.C13H11BrFN/c22-19-4-2-1-3-15(19)7-5-14-6-12-18(21(25)26)20(13-14)24-17-10-8-16(23)9-11-17;1-15-6-7-16(8-9-17-4-2-3-5-20(17)22)14-21(15)24-19-12-10-18(23)11-13-19;1-9-2-3-10(14)8-13(9)16-12-6-4-11(15)5-7-12/h1-13,24H,(H,25,26);2-14,24H,1H3;2-8,16H,1H3/b7-5+;9-8+;. The minimum Gasteiger partial charge on any atom is -0.478 e. The van der Waals surface area contributed by atoms with Crippen LogP contribution >= 0.6 is 39.1 Å². The van der Waals surface area contributed by atoms with Crippen LogP contribution in [0.1, 0.15) is 43.7 Å². The number of carbonyl (C=O) groups is 1. The van der Waals surface area contributed by atoms with Crippen molar-refractivity contribution in [2.24, 2.45) is 0 Å². The van der Waals surface area contributed by atoms with Crippen molar-refractivity contribution >= 4 is 104 Å². The molecule has 0 heterocycles. The molecule has 0 aliphatic rings. The van der Waals surface area contributed by atoms with Crippen LogP contribution in [0, 0.1) is 31.3 Å². The number of nitrogens with one attached hydrogen (secondary N) is 3. The van der Waals surface area contributed by atoms with Crippen LogP contribution in [-0.4, -0.2) is 11.1 Å². The second kappa shape index (κ2) is 23.8. The number of halogens is 6. The molecule has 8 aromatic carbocycles. The van der Waals surface area contributed by atoms with Gasteiger partial charge in [0, 0.05) is 43.0 Å². The topological polar surface area (TPSA) is 73.4 Å². The van der Waals surface area contributed by atoms with Crippen LogP contribution in [0.4, 0.5) is 47.3 Å². The fraction of sp³-hybridized carbons (Fsp3) is 0.0364. The summed E-state index contributed by atoms with van der Waals surface area (Å²) >= 11 is 15.7. The third kappa shape index (κ3) is 14.8. The first kappa shape index (κ1) is 48.4. The van der Waals surface area contributed by atoms with Crippen molar-refractivity contribution in [1.29, 1.82) is 0 Å². The summed E-state index contributed by atoms with van der Waals surface area (Å²) in [7, 11) is 0. The second-order valence-electron chi connectivity index (χ2n) is 14.7. The number of carboxylic acids is 1. The largest absolute Gasteiger partial charge is 0.478 e. The summed E-state index contributed by atoms with van der Waals surface area (Å²) in [5.74, 6) is -1.87. The van der Waals surface area contributed by atoms with Gasteiger partial charge < -0.3 is 21.1 Å². The molecule has 8 aromatic rings. The molecule has 0 spiro atoms. The van der Waals surface area contributed by atoms with Gasteiger partial charge in [-0.2, -0.15) is 0 Å². The molecule has 0 radical (unpaired) electrons. The van der Waals surface area contributed by atoms with Gasteiger partial charge in [-0.25, -0.2) is 18.0 Å². The van der Waals surface area contributed by atoms with Gasteiger partial charge in [0.1, 0.15) is 17.5 Å². The zero-order chi connectivity index (χ0) is 47.0. The molecule has 11 heteroatoms. The minimum atomic E-state index is -1.05. The Bertz CT molecular complexity index is 2960. The van der Waals surface area contributed by atoms with Crippen LogP contribution in [0.25, 0.3) is 24.3 Å². The van der Waals surface area contributed by atoms with Gasteiger partial charge >= 0.3 is 5.97 Å². The summed E-state index contributed by atoms with van der Waals surface area (Å²) in [4.78, 5) is 11.5. The summed E-state index contributed by atoms with van der Waals surface area (Å²) < 4.78 is 39.8. The Morgan fingerprint density at radius 3 is 1.30 bits per heavy atom. The van der Waals surface area contributed by atoms with E-state index in [1.807, 2.05) is 98.8 Å². The number of anilines is 6. The van der Waals surface area contributed by atoms with Gasteiger partial charge in [0.05, 0.1) is 11.3 Å². The molecule has 0 unspecified atom stereocenters. The molecule has 0 aromatic heterocycles. The van der Waals surface area contributed by atoms with E-state index in [2.05, 4.69) is 50.1 Å². The summed E-state index contributed by atoms with van der Waals surface area (Å²) in [5.41, 5.74) is 10.9. The first-order chi connectivity index (χ1) is 31.8. The molecule has 0 aliphatic carbocycles. The highest BCUT2D eigenvalue weighted by Gasteiger charge is 2.11. The third-order valence-electron chi connectivity index (χ3n) is 9.83. The predicted molar refractivity (Wildman–Crippen MR) is 273 cm³/mol. The van der Waals surface area contributed by atoms with Gasteiger partial charge in [-0.1, -0.05) is 124 Å². The van der Waals surface area contributed by atoms with Crippen LogP contribution in [0.5, 0.6) is 0 Å². The highest BCUT2D eigenvalue weighted by Crippen LogP contribution is 2.28. The van der Waals surface area contributed by atoms with Crippen molar-refractivity contribution in [3.05, 3.63) is 247 Å². The number of rotatable bonds is 11. The molecule has 0 atom stereocenters. The lowest BCUT2D eigenvalue weighted by molar-refractivity contribution is 0.0698. The second-order valence-corrected chi connectivity index (χ2v) is 16.5. The minimum absolute atomic E-state index is 0.129. The number of carboxylic acid groups (broad SMARTS) is 1. The first-order valence-electron chi connectivity index (χ1n) is 20.5. The molecule has 0 bridgehead atoms. The van der Waals surface area contributed by atoms with Crippen LogP contribution in [0.15, 0.2) is 180 Å². The molecule has 8 rings (SSSR count). The highest BCUT2D eigenvalue weighted by molar-refractivity contribution is 9.10. The van der Waals surface area contributed by atoms with E-state index in [9.17, 15) is 23.1 Å². The Hall–Kier alpha value is -7.04. The molecule has 0 aliphatic heterocycles. The Labute approximate surface area is 401 Å². The van der Waals surface area contributed by atoms with Crippen LogP contribution in [-0.2, 0) is 0 Å². The number of hydrogen-bond acceptors (Lipinski definition) is 4. The maximum absolute atomic E-state index is 13.0. The van der Waals surface area contributed by atoms with E-state index in [0.29, 0.717) is 16.4 Å². The average molecular weight is 986 g/mol. The summed E-state index contributed by atoms with van der Waals surface area (Å²) in [6.45, 7) is 4.06. The molecule has 0 saturated heterocycles. The van der Waals surface area contributed by atoms with Gasteiger partial charge in [-0.3, -0.25) is 0 Å². The predicted octanol–water partition coefficient (Wildman–Crippen LogP) is 17.4. The van der Waals surface area contributed by atoms with Crippen LogP contribution < -0.4 is 16.0 Å². The van der Waals surface area contributed by atoms with E-state index in [-0.39, 0.29) is 23.0 Å². The van der Waals surface area contributed by atoms with Gasteiger partial charge in [-0.05, 0) is 162 Å². The van der Waals surface area contributed by atoms with Gasteiger partial charge in [-0.15, -0.1) is 0 Å². The van der Waals surface area contributed by atoms with Gasteiger partial charge in [0.25, 0.3) is 0 Å². The molecule has 0 saturated carbocycles. The highest BCUT2D eigenvalue weighted by atomic mass is 79.9. The van der Waals surface area contributed by atoms with Gasteiger partial charge in [0.2, 0.25) is 0 Å². The fourth-order valence-electron chi connectivity index (χ4n) is 6.22. The molecule has 4 N–H and O–H groups in total. The van der Waals surface area contributed by atoms with E-state index in [4.69, 9.17) is 23.2 Å². The number of aromatic carboxylic acids is 1. The lowest BCUT2D eigenvalue weighted by Crippen LogP contribution is -2.03. The zero-order valence-electron chi connectivity index (χ0n) is 35.7. The van der Waals surface area contributed by atoms with Crippen LogP contribution in [0.3, 0.4) is 0 Å². The SMILES string of the molecule is Cc1ccc(/C=C/c2ccccc2Cl)cc1Nc1ccc(F)cc1.Cc1ccc(Br)cc1Nc1ccc(F)cc1.O=C(O)c1ccc(/C=C/c2ccccc2Cl)cc1Nc1ccc(F)cc1. The van der Waals surface area contributed by atoms with Crippen molar-refractivity contribution in [3.8, 4) is 0 Å². The van der Waals surface area contributed by atoms with Crippen molar-refractivity contribution < 1.29 is 23.1 Å². The van der Waals surface area contributed by atoms with Crippen molar-refractivity contribution in [2.75, 3.05) is 16.0 Å². The van der Waals surface area contributed by atoms with E-state index in [0.717, 1.165) is 65.6 Å². The molecule has 5 nitrogen and oxygen atoms in total. The maximum Gasteiger partial charge on any atom is 0.337 e. The summed E-state index contributed by atoms with van der Waals surface area (Å²) in [6.07, 6.45) is 7.73.